The Morgan fingerprint density at radius 2 is 1.96 bits per heavy atom. The normalized spacial score (nSPS) is 19.5. The van der Waals surface area contributed by atoms with E-state index in [-0.39, 0.29) is 5.91 Å². The quantitative estimate of drug-likeness (QED) is 0.914. The minimum absolute atomic E-state index is 0.222. The molecule has 1 aromatic heterocycles. The first-order chi connectivity index (χ1) is 11.6. The van der Waals surface area contributed by atoms with E-state index >= 15 is 0 Å². The van der Waals surface area contributed by atoms with Crippen molar-refractivity contribution in [3.8, 4) is 0 Å². The second kappa shape index (κ2) is 5.78. The lowest BCUT2D eigenvalue weighted by molar-refractivity contribution is -0.142. The molecule has 0 bridgehead atoms. The third kappa shape index (κ3) is 2.38. The van der Waals surface area contributed by atoms with E-state index in [1.54, 1.807) is 6.20 Å². The van der Waals surface area contributed by atoms with Crippen molar-refractivity contribution in [2.24, 2.45) is 0 Å². The van der Waals surface area contributed by atoms with E-state index in [4.69, 9.17) is 0 Å². The Labute approximate surface area is 139 Å². The van der Waals surface area contributed by atoms with Crippen LogP contribution in [0.2, 0.25) is 0 Å². The van der Waals surface area contributed by atoms with Gasteiger partial charge in [0.15, 0.2) is 0 Å². The zero-order valence-electron chi connectivity index (χ0n) is 13.3. The molecule has 0 saturated carbocycles. The van der Waals surface area contributed by atoms with Crippen LogP contribution in [0.15, 0.2) is 30.5 Å². The highest BCUT2D eigenvalue weighted by atomic mass is 16.4. The average molecular weight is 325 g/mol. The molecule has 2 aliphatic rings. The van der Waals surface area contributed by atoms with Crippen LogP contribution >= 0.6 is 0 Å². The number of carbonyl (C=O) groups excluding carboxylic acids is 1. The van der Waals surface area contributed by atoms with Crippen LogP contribution in [0.25, 0.3) is 0 Å². The maximum absolute atomic E-state index is 13.1. The minimum Gasteiger partial charge on any atom is -0.480 e. The van der Waals surface area contributed by atoms with Crippen LogP contribution < -0.4 is 0 Å². The van der Waals surface area contributed by atoms with Crippen LogP contribution in [0.1, 0.15) is 40.0 Å². The lowest BCUT2D eigenvalue weighted by Crippen LogP contribution is -2.48. The van der Waals surface area contributed by atoms with Gasteiger partial charge in [0, 0.05) is 19.5 Å². The summed E-state index contributed by atoms with van der Waals surface area (Å²) in [6, 6.07) is 6.90. The van der Waals surface area contributed by atoms with Gasteiger partial charge in [-0.25, -0.2) is 4.79 Å². The maximum atomic E-state index is 13.1. The Bertz CT molecular complexity index is 812. The van der Waals surface area contributed by atoms with Gasteiger partial charge < -0.3 is 10.0 Å². The Balaban J connectivity index is 1.70. The molecule has 1 N–H and O–H groups in total. The number of nitrogens with zero attached hydrogens (tertiary/aromatic N) is 3. The zero-order chi connectivity index (χ0) is 16.7. The van der Waals surface area contributed by atoms with Crippen LogP contribution in [0.5, 0.6) is 0 Å². The number of carbonyl (C=O) groups is 2. The van der Waals surface area contributed by atoms with Crippen LogP contribution in [-0.4, -0.2) is 37.7 Å². The fourth-order valence-corrected chi connectivity index (χ4v) is 3.71. The molecule has 6 heteroatoms. The van der Waals surface area contributed by atoms with E-state index in [0.717, 1.165) is 42.6 Å². The summed E-state index contributed by atoms with van der Waals surface area (Å²) in [5.74, 6) is -1.18. The molecular formula is C18H19N3O3. The van der Waals surface area contributed by atoms with E-state index < -0.39 is 12.0 Å². The minimum atomic E-state index is -0.959. The molecule has 24 heavy (non-hydrogen) atoms. The molecule has 2 aromatic rings. The van der Waals surface area contributed by atoms with Gasteiger partial charge >= 0.3 is 5.97 Å². The second-order valence-electron chi connectivity index (χ2n) is 6.45. The molecule has 3 heterocycles. The Kier molecular flexibility index (Phi) is 3.59. The number of fused-ring (bicyclic) bond motifs is 2. The first kappa shape index (κ1) is 14.9. The molecule has 124 valence electrons. The Hall–Kier alpha value is -2.63. The number of aryl methyl sites for hydroxylation is 1. The largest absolute Gasteiger partial charge is 0.480 e. The monoisotopic (exact) mass is 325 g/mol. The highest BCUT2D eigenvalue weighted by Crippen LogP contribution is 2.27. The van der Waals surface area contributed by atoms with E-state index in [2.05, 4.69) is 5.10 Å². The van der Waals surface area contributed by atoms with Crippen molar-refractivity contribution in [1.82, 2.24) is 14.7 Å². The van der Waals surface area contributed by atoms with Gasteiger partial charge in [-0.05, 0) is 30.4 Å². The van der Waals surface area contributed by atoms with Crippen LogP contribution in [-0.2, 0) is 30.7 Å². The lowest BCUT2D eigenvalue weighted by Gasteiger charge is -2.34. The van der Waals surface area contributed by atoms with Gasteiger partial charge in [0.1, 0.15) is 6.04 Å². The predicted octanol–water partition coefficient (Wildman–Crippen LogP) is 1.87. The van der Waals surface area contributed by atoms with Crippen LogP contribution in [0.4, 0.5) is 0 Å². The van der Waals surface area contributed by atoms with E-state index in [1.165, 1.54) is 4.90 Å². The Morgan fingerprint density at radius 1 is 1.17 bits per heavy atom. The summed E-state index contributed by atoms with van der Waals surface area (Å²) in [4.78, 5) is 26.3. The van der Waals surface area contributed by atoms with Crippen molar-refractivity contribution < 1.29 is 14.7 Å². The average Bonchev–Trinajstić information content (AvgIpc) is 3.04. The maximum Gasteiger partial charge on any atom is 0.326 e. The van der Waals surface area contributed by atoms with Crippen molar-refractivity contribution in [2.45, 2.75) is 44.8 Å². The van der Waals surface area contributed by atoms with Crippen molar-refractivity contribution in [3.05, 3.63) is 52.8 Å². The smallest absolute Gasteiger partial charge is 0.326 e. The highest BCUT2D eigenvalue weighted by Gasteiger charge is 2.36. The summed E-state index contributed by atoms with van der Waals surface area (Å²) >= 11 is 0. The van der Waals surface area contributed by atoms with Crippen molar-refractivity contribution in [3.63, 3.8) is 0 Å². The molecule has 6 nitrogen and oxygen atoms in total. The molecule has 0 spiro atoms. The first-order valence-corrected chi connectivity index (χ1v) is 8.30. The van der Waals surface area contributed by atoms with Crippen molar-refractivity contribution in [2.75, 3.05) is 0 Å². The number of hydrogen-bond donors (Lipinski definition) is 1. The molecule has 0 radical (unpaired) electrons. The summed E-state index contributed by atoms with van der Waals surface area (Å²) in [6.45, 7) is 1.16. The number of benzene rings is 1. The topological polar surface area (TPSA) is 75.4 Å². The molecule has 1 aromatic carbocycles. The van der Waals surface area contributed by atoms with Crippen LogP contribution in [0, 0.1) is 0 Å². The molecule has 1 atom stereocenters. The fraction of sp³-hybridized carbons (Fsp3) is 0.389. The molecule has 2 aliphatic heterocycles. The fourth-order valence-electron chi connectivity index (χ4n) is 3.71. The molecule has 0 saturated heterocycles. The Morgan fingerprint density at radius 3 is 2.75 bits per heavy atom. The van der Waals surface area contributed by atoms with Gasteiger partial charge in [-0.15, -0.1) is 0 Å². The lowest BCUT2D eigenvalue weighted by atomic mass is 9.93. The highest BCUT2D eigenvalue weighted by molar-refractivity contribution is 5.97. The second-order valence-corrected chi connectivity index (χ2v) is 6.45. The van der Waals surface area contributed by atoms with Crippen LogP contribution in [0.3, 0.4) is 0 Å². The standard InChI is InChI=1S/C18H19N3O3/c22-17(14-10-19-21-8-4-3-7-15(14)21)20-11-13-6-2-1-5-12(13)9-16(20)18(23)24/h1-2,5-6,10,16H,3-4,7-9,11H2,(H,23,24). The summed E-state index contributed by atoms with van der Waals surface area (Å²) in [5.41, 5.74) is 3.52. The third-order valence-corrected chi connectivity index (χ3v) is 5.01. The summed E-state index contributed by atoms with van der Waals surface area (Å²) < 4.78 is 1.88. The first-order valence-electron chi connectivity index (χ1n) is 8.30. The molecule has 0 aliphatic carbocycles. The summed E-state index contributed by atoms with van der Waals surface area (Å²) in [7, 11) is 0. The van der Waals surface area contributed by atoms with E-state index in [9.17, 15) is 14.7 Å². The number of carboxylic acid groups (broad SMARTS) is 1. The molecule has 1 amide bonds. The number of amides is 1. The number of aliphatic carboxylic acids is 1. The van der Waals surface area contributed by atoms with Gasteiger partial charge in [0.05, 0.1) is 17.5 Å². The van der Waals surface area contributed by atoms with Gasteiger partial charge in [-0.3, -0.25) is 9.48 Å². The van der Waals surface area contributed by atoms with Gasteiger partial charge in [0.25, 0.3) is 5.91 Å². The van der Waals surface area contributed by atoms with E-state index in [1.807, 2.05) is 28.9 Å². The summed E-state index contributed by atoms with van der Waals surface area (Å²) in [5, 5.41) is 13.9. The van der Waals surface area contributed by atoms with Crippen molar-refractivity contribution in [1.29, 1.82) is 0 Å². The molecular weight excluding hydrogens is 306 g/mol. The van der Waals surface area contributed by atoms with E-state index in [0.29, 0.717) is 18.5 Å². The molecule has 4 rings (SSSR count). The number of carboxylic acids is 1. The van der Waals surface area contributed by atoms with Gasteiger partial charge in [-0.1, -0.05) is 24.3 Å². The summed E-state index contributed by atoms with van der Waals surface area (Å²) in [6.07, 6.45) is 4.88. The third-order valence-electron chi connectivity index (χ3n) is 5.01. The van der Waals surface area contributed by atoms with Gasteiger partial charge in [0.2, 0.25) is 0 Å². The number of hydrogen-bond acceptors (Lipinski definition) is 3. The molecule has 1 unspecified atom stereocenters. The molecule has 0 fully saturated rings. The number of rotatable bonds is 2. The van der Waals surface area contributed by atoms with Gasteiger partial charge in [-0.2, -0.15) is 5.10 Å². The number of aromatic nitrogens is 2. The van der Waals surface area contributed by atoms with Crippen molar-refractivity contribution >= 4 is 11.9 Å². The zero-order valence-corrected chi connectivity index (χ0v) is 13.3. The SMILES string of the molecule is O=C(O)C1Cc2ccccc2CN1C(=O)c1cnn2c1CCCC2. The predicted molar refractivity (Wildman–Crippen MR) is 86.6 cm³/mol.